The molecule has 0 saturated carbocycles. The highest BCUT2D eigenvalue weighted by atomic mass is 35.5. The van der Waals surface area contributed by atoms with Crippen LogP contribution in [0.25, 0.3) is 16.2 Å². The molecule has 3 heterocycles. The van der Waals surface area contributed by atoms with E-state index in [4.69, 9.17) is 0 Å². The van der Waals surface area contributed by atoms with Gasteiger partial charge in [0.1, 0.15) is 0 Å². The van der Waals surface area contributed by atoms with Gasteiger partial charge in [-0.1, -0.05) is 12.1 Å². The van der Waals surface area contributed by atoms with Gasteiger partial charge in [-0.15, -0.1) is 23.7 Å². The molecule has 0 aliphatic carbocycles. The molecule has 4 rings (SSSR count). The van der Waals surface area contributed by atoms with E-state index in [-0.39, 0.29) is 24.4 Å². The Kier molecular flexibility index (Phi) is 6.01. The molecule has 1 amide bonds. The SMILES string of the molecule is Cl.O=C(CC1CSCCN1)Nc1ccc(-c2cn3ccsc3n2)cc1. The Labute approximate surface area is 160 Å². The van der Waals surface area contributed by atoms with Gasteiger partial charge in [0.2, 0.25) is 5.91 Å². The minimum atomic E-state index is 0. The van der Waals surface area contributed by atoms with Crippen molar-refractivity contribution in [2.75, 3.05) is 23.4 Å². The highest BCUT2D eigenvalue weighted by Crippen LogP contribution is 2.23. The second-order valence-electron chi connectivity index (χ2n) is 5.77. The van der Waals surface area contributed by atoms with Crippen LogP contribution in [0.15, 0.2) is 42.0 Å². The zero-order valence-corrected chi connectivity index (χ0v) is 15.9. The number of rotatable bonds is 4. The Morgan fingerprint density at radius 1 is 1.36 bits per heavy atom. The minimum Gasteiger partial charge on any atom is -0.326 e. The monoisotopic (exact) mass is 394 g/mol. The summed E-state index contributed by atoms with van der Waals surface area (Å²) < 4.78 is 2.02. The van der Waals surface area contributed by atoms with Gasteiger partial charge in [-0.3, -0.25) is 9.20 Å². The molecule has 0 radical (unpaired) electrons. The normalized spacial score (nSPS) is 17.2. The van der Waals surface area contributed by atoms with Gasteiger partial charge in [-0.05, 0) is 12.1 Å². The van der Waals surface area contributed by atoms with Crippen LogP contribution < -0.4 is 10.6 Å². The number of amides is 1. The second kappa shape index (κ2) is 8.23. The lowest BCUT2D eigenvalue weighted by molar-refractivity contribution is -0.116. The van der Waals surface area contributed by atoms with Crippen LogP contribution in [0.5, 0.6) is 0 Å². The van der Waals surface area contributed by atoms with E-state index >= 15 is 0 Å². The first kappa shape index (κ1) is 18.3. The van der Waals surface area contributed by atoms with Crippen LogP contribution in [0, 0.1) is 0 Å². The summed E-state index contributed by atoms with van der Waals surface area (Å²) in [4.78, 5) is 17.7. The van der Waals surface area contributed by atoms with Gasteiger partial charge in [-0.2, -0.15) is 11.8 Å². The van der Waals surface area contributed by atoms with E-state index < -0.39 is 0 Å². The first-order valence-electron chi connectivity index (χ1n) is 7.91. The molecule has 2 N–H and O–H groups in total. The second-order valence-corrected chi connectivity index (χ2v) is 7.80. The summed E-state index contributed by atoms with van der Waals surface area (Å²) >= 11 is 3.52. The van der Waals surface area contributed by atoms with Crippen molar-refractivity contribution >= 4 is 52.1 Å². The molecule has 0 spiro atoms. The van der Waals surface area contributed by atoms with Crippen LogP contribution in [0.2, 0.25) is 0 Å². The predicted octanol–water partition coefficient (Wildman–Crippen LogP) is 3.52. The number of nitrogens with zero attached hydrogens (tertiary/aromatic N) is 2. The maximum Gasteiger partial charge on any atom is 0.225 e. The summed E-state index contributed by atoms with van der Waals surface area (Å²) in [5.74, 6) is 2.19. The Balaban J connectivity index is 0.00000182. The van der Waals surface area contributed by atoms with E-state index in [1.165, 1.54) is 0 Å². The topological polar surface area (TPSA) is 58.4 Å². The van der Waals surface area contributed by atoms with Crippen LogP contribution in [-0.2, 0) is 4.79 Å². The molecule has 1 saturated heterocycles. The highest BCUT2D eigenvalue weighted by Gasteiger charge is 2.16. The largest absolute Gasteiger partial charge is 0.326 e. The number of halogens is 1. The molecule has 132 valence electrons. The van der Waals surface area contributed by atoms with E-state index in [0.29, 0.717) is 6.42 Å². The number of aromatic nitrogens is 2. The van der Waals surface area contributed by atoms with Crippen LogP contribution in [0.1, 0.15) is 6.42 Å². The van der Waals surface area contributed by atoms with Gasteiger partial charge in [-0.25, -0.2) is 4.98 Å². The van der Waals surface area contributed by atoms with Crippen molar-refractivity contribution in [2.24, 2.45) is 0 Å². The number of benzene rings is 1. The average Bonchev–Trinajstić information content (AvgIpc) is 3.18. The first-order chi connectivity index (χ1) is 11.8. The van der Waals surface area contributed by atoms with Crippen LogP contribution in [0.3, 0.4) is 0 Å². The first-order valence-corrected chi connectivity index (χ1v) is 9.95. The molecule has 2 aromatic heterocycles. The van der Waals surface area contributed by atoms with Crippen molar-refractivity contribution < 1.29 is 4.79 Å². The number of thiazole rings is 1. The standard InChI is InChI=1S/C17H18N4OS2.ClH/c22-16(9-14-11-23-7-5-18-14)19-13-3-1-12(2-4-13)15-10-21-6-8-24-17(21)20-15;/h1-4,6,8,10,14,18H,5,7,9,11H2,(H,19,22);1H. The van der Waals surface area contributed by atoms with Crippen LogP contribution in [-0.4, -0.2) is 39.4 Å². The van der Waals surface area contributed by atoms with Gasteiger partial charge in [0.05, 0.1) is 5.69 Å². The van der Waals surface area contributed by atoms with Crippen LogP contribution in [0.4, 0.5) is 5.69 Å². The molecule has 5 nitrogen and oxygen atoms in total. The highest BCUT2D eigenvalue weighted by molar-refractivity contribution is 7.99. The van der Waals surface area contributed by atoms with Crippen molar-refractivity contribution in [1.82, 2.24) is 14.7 Å². The van der Waals surface area contributed by atoms with E-state index in [1.807, 2.05) is 58.2 Å². The molecule has 8 heteroatoms. The third-order valence-corrected chi connectivity index (χ3v) is 5.89. The Bertz CT molecular complexity index is 811. The number of anilines is 1. The molecule has 25 heavy (non-hydrogen) atoms. The molecule has 1 aliphatic heterocycles. The van der Waals surface area contributed by atoms with Crippen molar-refractivity contribution in [3.8, 4) is 11.3 Å². The van der Waals surface area contributed by atoms with Crippen molar-refractivity contribution in [3.05, 3.63) is 42.0 Å². The van der Waals surface area contributed by atoms with Crippen molar-refractivity contribution in [3.63, 3.8) is 0 Å². The molecule has 1 fully saturated rings. The summed E-state index contributed by atoms with van der Waals surface area (Å²) in [7, 11) is 0. The van der Waals surface area contributed by atoms with Gasteiger partial charge >= 0.3 is 0 Å². The number of carbonyl (C=O) groups excluding carboxylic acids is 1. The van der Waals surface area contributed by atoms with Crippen molar-refractivity contribution in [2.45, 2.75) is 12.5 Å². The summed E-state index contributed by atoms with van der Waals surface area (Å²) in [5.41, 5.74) is 2.82. The predicted molar refractivity (Wildman–Crippen MR) is 108 cm³/mol. The van der Waals surface area contributed by atoms with Gasteiger partial charge in [0, 0.05) is 59.5 Å². The maximum absolute atomic E-state index is 12.1. The quantitative estimate of drug-likeness (QED) is 0.710. The lowest BCUT2D eigenvalue weighted by atomic mass is 10.1. The Morgan fingerprint density at radius 3 is 2.92 bits per heavy atom. The van der Waals surface area contributed by atoms with Crippen LogP contribution >= 0.6 is 35.5 Å². The third kappa shape index (κ3) is 4.36. The lowest BCUT2D eigenvalue weighted by Gasteiger charge is -2.22. The summed E-state index contributed by atoms with van der Waals surface area (Å²) in [5, 5.41) is 8.38. The number of thioether (sulfide) groups is 1. The molecular weight excluding hydrogens is 376 g/mol. The summed E-state index contributed by atoms with van der Waals surface area (Å²) in [6.07, 6.45) is 4.54. The van der Waals surface area contributed by atoms with E-state index in [9.17, 15) is 4.79 Å². The summed E-state index contributed by atoms with van der Waals surface area (Å²) in [6, 6.07) is 8.14. The molecular formula is C17H19ClN4OS2. The number of nitrogens with one attached hydrogen (secondary N) is 2. The molecule has 1 aromatic carbocycles. The van der Waals surface area contributed by atoms with Gasteiger partial charge in [0.25, 0.3) is 0 Å². The molecule has 3 aromatic rings. The Morgan fingerprint density at radius 2 is 2.20 bits per heavy atom. The number of fused-ring (bicyclic) bond motifs is 1. The van der Waals surface area contributed by atoms with Crippen molar-refractivity contribution in [1.29, 1.82) is 0 Å². The molecule has 1 atom stereocenters. The zero-order valence-electron chi connectivity index (χ0n) is 13.5. The zero-order chi connectivity index (χ0) is 16.4. The fraction of sp³-hybridized carbons (Fsp3) is 0.294. The lowest BCUT2D eigenvalue weighted by Crippen LogP contribution is -2.39. The molecule has 1 unspecified atom stereocenters. The number of hydrogen-bond acceptors (Lipinski definition) is 5. The van der Waals surface area contributed by atoms with E-state index in [2.05, 4.69) is 15.6 Å². The van der Waals surface area contributed by atoms with Gasteiger partial charge < -0.3 is 10.6 Å². The Hall–Kier alpha value is -1.54. The number of imidazole rings is 1. The average molecular weight is 395 g/mol. The maximum atomic E-state index is 12.1. The number of carbonyl (C=O) groups is 1. The van der Waals surface area contributed by atoms with E-state index in [0.717, 1.165) is 40.0 Å². The third-order valence-electron chi connectivity index (χ3n) is 3.99. The van der Waals surface area contributed by atoms with Gasteiger partial charge in [0.15, 0.2) is 4.96 Å². The smallest absolute Gasteiger partial charge is 0.225 e. The summed E-state index contributed by atoms with van der Waals surface area (Å²) in [6.45, 7) is 0.986. The fourth-order valence-corrected chi connectivity index (χ4v) is 4.43. The molecule has 1 aliphatic rings. The number of hydrogen-bond donors (Lipinski definition) is 2. The minimum absolute atomic E-state index is 0. The fourth-order valence-electron chi connectivity index (χ4n) is 2.78. The van der Waals surface area contributed by atoms with E-state index in [1.54, 1.807) is 11.3 Å². The molecule has 0 bridgehead atoms.